The fraction of sp³-hybridized carbons (Fsp3) is 0.0800. The lowest BCUT2D eigenvalue weighted by atomic mass is 9.89. The van der Waals surface area contributed by atoms with Crippen molar-refractivity contribution in [2.45, 2.75) is 25.9 Å². The van der Waals surface area contributed by atoms with Gasteiger partial charge in [0, 0.05) is 34.7 Å². The average molecular weight is 701 g/mol. The number of aliphatic imine (C=N–C) groups is 2. The molecule has 0 fully saturated rings. The Balaban J connectivity index is 1.13. The second kappa shape index (κ2) is 15.1. The Hall–Kier alpha value is -6.78. The van der Waals surface area contributed by atoms with Crippen molar-refractivity contribution in [3.05, 3.63) is 181 Å². The number of fused-ring (bicyclic) bond motifs is 2. The fourth-order valence-electron chi connectivity index (χ4n) is 7.24. The normalized spacial score (nSPS) is 12.9. The zero-order chi connectivity index (χ0) is 37.0. The van der Waals surface area contributed by atoms with Crippen LogP contribution in [0.4, 0.5) is 0 Å². The molecule has 4 nitrogen and oxygen atoms in total. The van der Waals surface area contributed by atoms with E-state index in [9.17, 15) is 10.2 Å². The molecule has 0 aromatic heterocycles. The second-order valence-corrected chi connectivity index (χ2v) is 13.7. The third kappa shape index (κ3) is 6.66. The Morgan fingerprint density at radius 2 is 0.741 bits per heavy atom. The monoisotopic (exact) mass is 700 g/mol. The van der Waals surface area contributed by atoms with Crippen LogP contribution in [0.15, 0.2) is 180 Å². The highest BCUT2D eigenvalue weighted by atomic mass is 16.3. The van der Waals surface area contributed by atoms with Gasteiger partial charge in [-0.1, -0.05) is 158 Å². The number of nitrogens with zero attached hydrogens (tertiary/aromatic N) is 2. The van der Waals surface area contributed by atoms with Gasteiger partial charge in [-0.3, -0.25) is 9.98 Å². The van der Waals surface area contributed by atoms with Crippen LogP contribution in [0.3, 0.4) is 0 Å². The van der Waals surface area contributed by atoms with Gasteiger partial charge in [-0.2, -0.15) is 0 Å². The Morgan fingerprint density at radius 1 is 0.407 bits per heavy atom. The van der Waals surface area contributed by atoms with Crippen LogP contribution in [-0.4, -0.2) is 34.7 Å². The highest BCUT2D eigenvalue weighted by Gasteiger charge is 2.20. The number of phenols is 2. The summed E-state index contributed by atoms with van der Waals surface area (Å²) < 4.78 is 0. The van der Waals surface area contributed by atoms with Crippen LogP contribution in [0.1, 0.15) is 25.0 Å². The van der Waals surface area contributed by atoms with E-state index in [0.717, 1.165) is 66.1 Å². The number of hydrogen-bond donors (Lipinski definition) is 2. The molecule has 4 heteroatoms. The van der Waals surface area contributed by atoms with E-state index in [4.69, 9.17) is 9.98 Å². The van der Waals surface area contributed by atoms with Crippen molar-refractivity contribution in [2.24, 2.45) is 9.98 Å². The third-order valence-corrected chi connectivity index (χ3v) is 10.3. The molecule has 8 aromatic rings. The number of rotatable bonds is 9. The van der Waals surface area contributed by atoms with E-state index >= 15 is 0 Å². The summed E-state index contributed by atoms with van der Waals surface area (Å²) in [6.07, 6.45) is 3.53. The first kappa shape index (κ1) is 34.3. The van der Waals surface area contributed by atoms with Gasteiger partial charge in [0.15, 0.2) is 0 Å². The molecular weight excluding hydrogens is 661 g/mol. The first-order chi connectivity index (χ1) is 26.5. The molecule has 8 rings (SSSR count). The van der Waals surface area contributed by atoms with Gasteiger partial charge in [-0.15, -0.1) is 0 Å². The Morgan fingerprint density at radius 3 is 1.15 bits per heavy atom. The molecule has 0 aliphatic rings. The first-order valence-corrected chi connectivity index (χ1v) is 18.3. The summed E-state index contributed by atoms with van der Waals surface area (Å²) in [5.74, 6) is 0.377. The van der Waals surface area contributed by atoms with Crippen LogP contribution >= 0.6 is 0 Å². The smallest absolute Gasteiger partial charge is 0.132 e. The minimum Gasteiger partial charge on any atom is -0.507 e. The standard InChI is InChI=1S/C50H40N2O2/c1-33(51-31-39-29-37-21-9-11-25-43(37)47(49(39)53)45-27-15-13-23-41(45)35-17-5-3-6-18-35)34(2)52-32-40-30-38-22-10-12-26-44(38)48(50(40)54)46-28-16-14-24-42(46)36-19-7-4-8-20-36/h3-34,53-54H,1-2H3/t33-,34-/m0/s1. The Bertz CT molecular complexity index is 2480. The van der Waals surface area contributed by atoms with E-state index in [-0.39, 0.29) is 23.6 Å². The number of phenolic OH excluding ortho intramolecular Hbond substituents is 2. The summed E-state index contributed by atoms with van der Waals surface area (Å²) in [7, 11) is 0. The minimum atomic E-state index is -0.215. The maximum atomic E-state index is 11.9. The lowest BCUT2D eigenvalue weighted by Crippen LogP contribution is -2.16. The molecule has 8 aromatic carbocycles. The molecule has 0 radical (unpaired) electrons. The van der Waals surface area contributed by atoms with E-state index < -0.39 is 0 Å². The van der Waals surface area contributed by atoms with Gasteiger partial charge in [0.05, 0.1) is 12.1 Å². The maximum absolute atomic E-state index is 11.9. The summed E-state index contributed by atoms with van der Waals surface area (Å²) in [5.41, 5.74) is 9.03. The van der Waals surface area contributed by atoms with Crippen LogP contribution in [0.5, 0.6) is 11.5 Å². The van der Waals surface area contributed by atoms with Crippen molar-refractivity contribution in [3.63, 3.8) is 0 Å². The largest absolute Gasteiger partial charge is 0.507 e. The number of aromatic hydroxyl groups is 2. The molecule has 54 heavy (non-hydrogen) atoms. The number of benzene rings is 8. The van der Waals surface area contributed by atoms with Gasteiger partial charge in [0.1, 0.15) is 11.5 Å². The highest BCUT2D eigenvalue weighted by Crippen LogP contribution is 2.44. The zero-order valence-electron chi connectivity index (χ0n) is 30.3. The lowest BCUT2D eigenvalue weighted by Gasteiger charge is -2.17. The van der Waals surface area contributed by atoms with E-state index in [1.165, 1.54) is 0 Å². The Kier molecular flexibility index (Phi) is 9.57. The molecular formula is C50H40N2O2. The van der Waals surface area contributed by atoms with Gasteiger partial charge in [-0.25, -0.2) is 0 Å². The summed E-state index contributed by atoms with van der Waals surface area (Å²) >= 11 is 0. The van der Waals surface area contributed by atoms with Crippen molar-refractivity contribution in [1.82, 2.24) is 0 Å². The topological polar surface area (TPSA) is 65.2 Å². The van der Waals surface area contributed by atoms with Gasteiger partial charge in [0.2, 0.25) is 0 Å². The quantitative estimate of drug-likeness (QED) is 0.147. The summed E-state index contributed by atoms with van der Waals surface area (Å²) in [6.45, 7) is 4.04. The fourth-order valence-corrected chi connectivity index (χ4v) is 7.24. The molecule has 0 aliphatic carbocycles. The van der Waals surface area contributed by atoms with Gasteiger partial charge in [0.25, 0.3) is 0 Å². The molecule has 0 bridgehead atoms. The molecule has 0 heterocycles. The molecule has 262 valence electrons. The van der Waals surface area contributed by atoms with Crippen molar-refractivity contribution in [2.75, 3.05) is 0 Å². The van der Waals surface area contributed by atoms with Gasteiger partial charge >= 0.3 is 0 Å². The van der Waals surface area contributed by atoms with Crippen molar-refractivity contribution in [3.8, 4) is 56.0 Å². The maximum Gasteiger partial charge on any atom is 0.132 e. The van der Waals surface area contributed by atoms with Crippen LogP contribution < -0.4 is 0 Å². The molecule has 0 aliphatic heterocycles. The van der Waals surface area contributed by atoms with Crippen LogP contribution in [-0.2, 0) is 0 Å². The van der Waals surface area contributed by atoms with Crippen molar-refractivity contribution < 1.29 is 10.2 Å². The van der Waals surface area contributed by atoms with E-state index in [0.29, 0.717) is 11.1 Å². The summed E-state index contributed by atoms with van der Waals surface area (Å²) in [6, 6.07) is 56.8. The minimum absolute atomic E-state index is 0.189. The van der Waals surface area contributed by atoms with E-state index in [2.05, 4.69) is 72.8 Å². The molecule has 0 amide bonds. The van der Waals surface area contributed by atoms with Gasteiger partial charge in [-0.05, 0) is 80.9 Å². The second-order valence-electron chi connectivity index (χ2n) is 13.7. The Labute approximate surface area is 316 Å². The van der Waals surface area contributed by atoms with Crippen LogP contribution in [0, 0.1) is 0 Å². The van der Waals surface area contributed by atoms with E-state index in [1.807, 2.05) is 111 Å². The van der Waals surface area contributed by atoms with Crippen molar-refractivity contribution >= 4 is 34.0 Å². The molecule has 2 N–H and O–H groups in total. The summed E-state index contributed by atoms with van der Waals surface area (Å²) in [4.78, 5) is 9.82. The molecule has 0 saturated heterocycles. The van der Waals surface area contributed by atoms with Gasteiger partial charge < -0.3 is 10.2 Å². The zero-order valence-corrected chi connectivity index (χ0v) is 30.3. The van der Waals surface area contributed by atoms with E-state index in [1.54, 1.807) is 12.4 Å². The first-order valence-electron chi connectivity index (χ1n) is 18.3. The third-order valence-electron chi connectivity index (χ3n) is 10.3. The highest BCUT2D eigenvalue weighted by molar-refractivity contribution is 6.09. The predicted octanol–water partition coefficient (Wildman–Crippen LogP) is 12.4. The average Bonchev–Trinajstić information content (AvgIpc) is 3.22. The molecule has 0 unspecified atom stereocenters. The van der Waals surface area contributed by atoms with Crippen LogP contribution in [0.2, 0.25) is 0 Å². The molecule has 0 spiro atoms. The molecule has 0 saturated carbocycles. The summed E-state index contributed by atoms with van der Waals surface area (Å²) in [5, 5.41) is 27.8. The van der Waals surface area contributed by atoms with Crippen molar-refractivity contribution in [1.29, 1.82) is 0 Å². The van der Waals surface area contributed by atoms with Crippen LogP contribution in [0.25, 0.3) is 66.1 Å². The lowest BCUT2D eigenvalue weighted by molar-refractivity contribution is 0.476. The predicted molar refractivity (Wildman–Crippen MR) is 227 cm³/mol. The SMILES string of the molecule is C[C@H](N=Cc1cc2ccccc2c(-c2ccccc2-c2ccccc2)c1O)[C@H](C)N=Cc1cc2ccccc2c(-c2ccccc2-c2ccccc2)c1O. The number of hydrogen-bond acceptors (Lipinski definition) is 4. The molecule has 2 atom stereocenters.